The third-order valence-corrected chi connectivity index (χ3v) is 2.22. The summed E-state index contributed by atoms with van der Waals surface area (Å²) in [5.74, 6) is 0. The Kier molecular flexibility index (Phi) is 6.21. The van der Waals surface area contributed by atoms with Crippen LogP contribution >= 0.6 is 0 Å². The molecule has 2 rings (SSSR count). The number of para-hydroxylation sites is 2. The molecular formula is C15H14N2Pd. The summed E-state index contributed by atoms with van der Waals surface area (Å²) in [6, 6.07) is 19.7. The van der Waals surface area contributed by atoms with E-state index < -0.39 is 0 Å². The molecule has 0 radical (unpaired) electrons. The van der Waals surface area contributed by atoms with Gasteiger partial charge in [-0.15, -0.1) is 0 Å². The van der Waals surface area contributed by atoms with E-state index >= 15 is 0 Å². The molecule has 2 aromatic rings. The molecule has 18 heavy (non-hydrogen) atoms. The van der Waals surface area contributed by atoms with Crippen LogP contribution in [0.2, 0.25) is 0 Å². The fraction of sp³-hybridized carbons (Fsp3) is 0.0667. The molecule has 2 aromatic carbocycles. The van der Waals surface area contributed by atoms with Gasteiger partial charge >= 0.3 is 0 Å². The SMILES string of the molecule is CC(/C=N/c1ccccc1)=N\c1ccccc1.[Pd]. The van der Waals surface area contributed by atoms with Gasteiger partial charge in [0, 0.05) is 26.6 Å². The maximum absolute atomic E-state index is 4.44. The molecule has 0 heterocycles. The minimum atomic E-state index is 0. The van der Waals surface area contributed by atoms with Gasteiger partial charge in [-0.1, -0.05) is 36.4 Å². The van der Waals surface area contributed by atoms with Gasteiger partial charge in [0.25, 0.3) is 0 Å². The standard InChI is InChI=1S/C15H14N2.Pd/c1-13(17-15-10-6-3-7-11-15)12-16-14-8-4-2-5-9-14;/h2-12H,1H3;/b16-12+,17-13+;. The van der Waals surface area contributed by atoms with Crippen LogP contribution in [-0.2, 0) is 20.4 Å². The molecule has 2 nitrogen and oxygen atoms in total. The molecule has 0 aromatic heterocycles. The Bertz CT molecular complexity index is 519. The summed E-state index contributed by atoms with van der Waals surface area (Å²) >= 11 is 0. The fourth-order valence-electron chi connectivity index (χ4n) is 1.42. The van der Waals surface area contributed by atoms with Crippen molar-refractivity contribution in [3.8, 4) is 0 Å². The van der Waals surface area contributed by atoms with Crippen molar-refractivity contribution in [3.05, 3.63) is 60.7 Å². The van der Waals surface area contributed by atoms with Crippen LogP contribution in [0.4, 0.5) is 11.4 Å². The summed E-state index contributed by atoms with van der Waals surface area (Å²) in [4.78, 5) is 8.79. The van der Waals surface area contributed by atoms with E-state index in [2.05, 4.69) is 9.98 Å². The van der Waals surface area contributed by atoms with Crippen molar-refractivity contribution < 1.29 is 20.4 Å². The molecule has 0 bridgehead atoms. The smallest absolute Gasteiger partial charge is 0.0633 e. The Morgan fingerprint density at radius 2 is 1.33 bits per heavy atom. The average Bonchev–Trinajstić information content (AvgIpc) is 2.39. The van der Waals surface area contributed by atoms with Crippen LogP contribution in [-0.4, -0.2) is 11.9 Å². The molecule has 3 heteroatoms. The van der Waals surface area contributed by atoms with Gasteiger partial charge in [0.1, 0.15) is 0 Å². The zero-order chi connectivity index (χ0) is 11.9. The Labute approximate surface area is 121 Å². The van der Waals surface area contributed by atoms with Gasteiger partial charge in [-0.2, -0.15) is 0 Å². The monoisotopic (exact) mass is 328 g/mol. The maximum Gasteiger partial charge on any atom is 0.0633 e. The second-order valence-corrected chi connectivity index (χ2v) is 3.68. The van der Waals surface area contributed by atoms with Crippen molar-refractivity contribution in [2.24, 2.45) is 9.98 Å². The van der Waals surface area contributed by atoms with Crippen molar-refractivity contribution >= 4 is 23.3 Å². The molecule has 0 aliphatic carbocycles. The van der Waals surface area contributed by atoms with Gasteiger partial charge in [-0.3, -0.25) is 9.98 Å². The molecule has 0 saturated carbocycles. The topological polar surface area (TPSA) is 24.7 Å². The molecule has 0 unspecified atom stereocenters. The van der Waals surface area contributed by atoms with Crippen molar-refractivity contribution in [1.29, 1.82) is 0 Å². The maximum atomic E-state index is 4.44. The largest absolute Gasteiger partial charge is 0.255 e. The van der Waals surface area contributed by atoms with E-state index in [0.29, 0.717) is 0 Å². The minimum Gasteiger partial charge on any atom is -0.255 e. The molecular weight excluding hydrogens is 315 g/mol. The first kappa shape index (κ1) is 14.5. The molecule has 0 atom stereocenters. The van der Waals surface area contributed by atoms with Gasteiger partial charge < -0.3 is 0 Å². The summed E-state index contributed by atoms with van der Waals surface area (Å²) in [5, 5.41) is 0. The second kappa shape index (κ2) is 7.71. The Balaban J connectivity index is 0.00000162. The van der Waals surface area contributed by atoms with E-state index in [1.165, 1.54) is 0 Å². The quantitative estimate of drug-likeness (QED) is 0.596. The molecule has 0 spiro atoms. The van der Waals surface area contributed by atoms with Crippen LogP contribution in [0.5, 0.6) is 0 Å². The first-order chi connectivity index (χ1) is 8.34. The van der Waals surface area contributed by atoms with Crippen molar-refractivity contribution in [2.75, 3.05) is 0 Å². The van der Waals surface area contributed by atoms with E-state index in [9.17, 15) is 0 Å². The van der Waals surface area contributed by atoms with Crippen LogP contribution in [0.25, 0.3) is 0 Å². The first-order valence-electron chi connectivity index (χ1n) is 5.54. The number of rotatable bonds is 3. The third-order valence-electron chi connectivity index (χ3n) is 2.22. The first-order valence-corrected chi connectivity index (χ1v) is 5.54. The second-order valence-electron chi connectivity index (χ2n) is 3.68. The average molecular weight is 329 g/mol. The number of benzene rings is 2. The van der Waals surface area contributed by atoms with E-state index in [1.54, 1.807) is 6.21 Å². The van der Waals surface area contributed by atoms with E-state index in [4.69, 9.17) is 0 Å². The zero-order valence-electron chi connectivity index (χ0n) is 10.1. The molecule has 94 valence electrons. The van der Waals surface area contributed by atoms with Crippen molar-refractivity contribution in [3.63, 3.8) is 0 Å². The van der Waals surface area contributed by atoms with Gasteiger partial charge in [0.15, 0.2) is 0 Å². The van der Waals surface area contributed by atoms with Crippen LogP contribution in [0, 0.1) is 0 Å². The van der Waals surface area contributed by atoms with Crippen molar-refractivity contribution in [2.45, 2.75) is 6.92 Å². The Hall–Kier alpha value is -1.56. The molecule has 0 amide bonds. The molecule has 0 aliphatic rings. The third kappa shape index (κ3) is 4.75. The minimum absolute atomic E-state index is 0. The Morgan fingerprint density at radius 3 is 1.89 bits per heavy atom. The normalized spacial score (nSPS) is 11.3. The number of hydrogen-bond donors (Lipinski definition) is 0. The summed E-state index contributed by atoms with van der Waals surface area (Å²) in [7, 11) is 0. The summed E-state index contributed by atoms with van der Waals surface area (Å²) in [6.45, 7) is 1.94. The van der Waals surface area contributed by atoms with Gasteiger partial charge in [-0.25, -0.2) is 0 Å². The van der Waals surface area contributed by atoms with Gasteiger partial charge in [0.2, 0.25) is 0 Å². The van der Waals surface area contributed by atoms with Crippen LogP contribution < -0.4 is 0 Å². The van der Waals surface area contributed by atoms with Gasteiger partial charge in [-0.05, 0) is 31.2 Å². The van der Waals surface area contributed by atoms with E-state index in [1.807, 2.05) is 67.6 Å². The van der Waals surface area contributed by atoms with Crippen LogP contribution in [0.1, 0.15) is 6.92 Å². The zero-order valence-corrected chi connectivity index (χ0v) is 11.6. The molecule has 0 aliphatic heterocycles. The van der Waals surface area contributed by atoms with Crippen molar-refractivity contribution in [1.82, 2.24) is 0 Å². The number of aliphatic imine (C=N–C) groups is 2. The van der Waals surface area contributed by atoms with Crippen LogP contribution in [0.15, 0.2) is 70.6 Å². The predicted molar refractivity (Wildman–Crippen MR) is 73.8 cm³/mol. The van der Waals surface area contributed by atoms with Crippen LogP contribution in [0.3, 0.4) is 0 Å². The molecule has 0 fully saturated rings. The fourth-order valence-corrected chi connectivity index (χ4v) is 1.42. The van der Waals surface area contributed by atoms with E-state index in [0.717, 1.165) is 17.1 Å². The summed E-state index contributed by atoms with van der Waals surface area (Å²) in [6.07, 6.45) is 1.78. The predicted octanol–water partition coefficient (Wildman–Crippen LogP) is 4.18. The summed E-state index contributed by atoms with van der Waals surface area (Å²) in [5.41, 5.74) is 2.78. The molecule has 0 saturated heterocycles. The number of nitrogens with zero attached hydrogens (tertiary/aromatic N) is 2. The molecule has 0 N–H and O–H groups in total. The summed E-state index contributed by atoms with van der Waals surface area (Å²) < 4.78 is 0. The number of hydrogen-bond acceptors (Lipinski definition) is 2. The van der Waals surface area contributed by atoms with E-state index in [-0.39, 0.29) is 20.4 Å². The van der Waals surface area contributed by atoms with Gasteiger partial charge in [0.05, 0.1) is 17.1 Å². The Morgan fingerprint density at radius 1 is 0.833 bits per heavy atom.